The van der Waals surface area contributed by atoms with Crippen LogP contribution in [0.5, 0.6) is 5.75 Å². The van der Waals surface area contributed by atoms with E-state index < -0.39 is 0 Å². The minimum absolute atomic E-state index is 0.165. The van der Waals surface area contributed by atoms with Crippen molar-refractivity contribution in [2.45, 2.75) is 58.3 Å². The average Bonchev–Trinajstić information content (AvgIpc) is 3.31. The Morgan fingerprint density at radius 3 is 2.59 bits per heavy atom. The van der Waals surface area contributed by atoms with E-state index in [-0.39, 0.29) is 12.4 Å². The summed E-state index contributed by atoms with van der Waals surface area (Å²) in [6.45, 7) is 3.67. The van der Waals surface area contributed by atoms with Crippen LogP contribution >= 0.6 is 12.2 Å². The van der Waals surface area contributed by atoms with Crippen molar-refractivity contribution < 1.29 is 19.2 Å². The molecule has 1 unspecified atom stereocenters. The van der Waals surface area contributed by atoms with E-state index in [9.17, 15) is 4.79 Å². The minimum Gasteiger partial charge on any atom is -0.497 e. The van der Waals surface area contributed by atoms with Crippen LogP contribution in [-0.4, -0.2) is 41.1 Å². The predicted molar refractivity (Wildman–Crippen MR) is 112 cm³/mol. The Morgan fingerprint density at radius 1 is 1.28 bits per heavy atom. The van der Waals surface area contributed by atoms with Crippen molar-refractivity contribution >= 4 is 18.2 Å². The molecule has 1 fully saturated rings. The second kappa shape index (κ2) is 10.0. The third-order valence-electron chi connectivity index (χ3n) is 5.32. The summed E-state index contributed by atoms with van der Waals surface area (Å²) in [5.74, 6) is 1.32. The summed E-state index contributed by atoms with van der Waals surface area (Å²) in [6.07, 6.45) is 4.73. The molecule has 0 radical (unpaired) electrons. The number of rotatable bonds is 9. The van der Waals surface area contributed by atoms with Gasteiger partial charge in [-0.05, 0) is 56.2 Å². The van der Waals surface area contributed by atoms with Crippen LogP contribution in [0.4, 0.5) is 0 Å². The van der Waals surface area contributed by atoms with Gasteiger partial charge in [0.05, 0.1) is 20.8 Å². The maximum Gasteiger partial charge on any atom is 0.313 e. The second-order valence-corrected chi connectivity index (χ2v) is 7.99. The molecule has 1 aromatic carbocycles. The van der Waals surface area contributed by atoms with Crippen LogP contribution in [0.2, 0.25) is 0 Å². The fraction of sp³-hybridized carbons (Fsp3) is 0.571. The Hall–Kier alpha value is -2.19. The van der Waals surface area contributed by atoms with Crippen LogP contribution < -0.4 is 9.64 Å². The molecule has 0 saturated heterocycles. The predicted octanol–water partition coefficient (Wildman–Crippen LogP) is 2.32. The molecule has 2 aromatic rings. The number of methoxy groups -OCH3 is 1. The highest BCUT2D eigenvalue weighted by Gasteiger charge is 2.25. The van der Waals surface area contributed by atoms with Crippen LogP contribution in [0, 0.1) is 4.77 Å². The van der Waals surface area contributed by atoms with Gasteiger partial charge in [-0.1, -0.05) is 12.8 Å². The lowest BCUT2D eigenvalue weighted by molar-refractivity contribution is -0.917. The molecule has 0 spiro atoms. The number of benzene rings is 1. The summed E-state index contributed by atoms with van der Waals surface area (Å²) in [6, 6.07) is 8.43. The minimum atomic E-state index is -0.252. The summed E-state index contributed by atoms with van der Waals surface area (Å²) in [5, 5.41) is 4.72. The zero-order valence-corrected chi connectivity index (χ0v) is 18.3. The normalized spacial score (nSPS) is 15.4. The molecule has 1 atom stereocenters. The van der Waals surface area contributed by atoms with Crippen molar-refractivity contribution in [2.75, 3.05) is 20.8 Å². The third-order valence-corrected chi connectivity index (χ3v) is 5.73. The lowest BCUT2D eigenvalue weighted by Crippen LogP contribution is -3.07. The number of hydrogen-bond acceptors (Lipinski definition) is 5. The lowest BCUT2D eigenvalue weighted by Gasteiger charge is -2.15. The number of aromatic nitrogens is 3. The quantitative estimate of drug-likeness (QED) is 0.499. The molecule has 1 aliphatic carbocycles. The van der Waals surface area contributed by atoms with Crippen molar-refractivity contribution in [3.63, 3.8) is 0 Å². The van der Waals surface area contributed by atoms with E-state index in [0.717, 1.165) is 31.0 Å². The topological polar surface area (TPSA) is 62.7 Å². The number of nitrogens with one attached hydrogen (secondary N) is 1. The van der Waals surface area contributed by atoms with Gasteiger partial charge in [0.15, 0.2) is 6.67 Å². The first-order valence-electron chi connectivity index (χ1n) is 10.3. The Morgan fingerprint density at radius 2 is 1.97 bits per heavy atom. The number of ether oxygens (including phenoxy) is 2. The molecule has 1 saturated carbocycles. The smallest absolute Gasteiger partial charge is 0.313 e. The Bertz CT molecular complexity index is 869. The Kier molecular flexibility index (Phi) is 7.44. The molecular weight excluding hydrogens is 388 g/mol. The van der Waals surface area contributed by atoms with Crippen molar-refractivity contribution in [1.29, 1.82) is 0 Å². The van der Waals surface area contributed by atoms with E-state index in [2.05, 4.69) is 23.7 Å². The summed E-state index contributed by atoms with van der Waals surface area (Å²) < 4.78 is 15.0. The lowest BCUT2D eigenvalue weighted by atomic mass is 10.2. The first kappa shape index (κ1) is 21.5. The van der Waals surface area contributed by atoms with E-state index in [1.807, 2.05) is 23.7 Å². The first-order chi connectivity index (χ1) is 14.0. The number of quaternary nitrogens is 1. The molecule has 7 nitrogen and oxygen atoms in total. The molecule has 0 aliphatic heterocycles. The Labute approximate surface area is 177 Å². The molecule has 1 aromatic heterocycles. The number of hydrogen-bond donors (Lipinski definition) is 1. The van der Waals surface area contributed by atoms with E-state index in [0.29, 0.717) is 24.1 Å². The molecule has 1 heterocycles. The van der Waals surface area contributed by atoms with Gasteiger partial charge in [0.2, 0.25) is 4.77 Å². The van der Waals surface area contributed by atoms with Crippen LogP contribution in [0.3, 0.4) is 0 Å². The molecule has 29 heavy (non-hydrogen) atoms. The van der Waals surface area contributed by atoms with Crippen molar-refractivity contribution in [3.8, 4) is 5.75 Å². The van der Waals surface area contributed by atoms with Crippen LogP contribution in [0.15, 0.2) is 24.3 Å². The molecule has 158 valence electrons. The molecule has 0 amide bonds. The number of carbonyl (C=O) groups is 1. The van der Waals surface area contributed by atoms with Gasteiger partial charge in [0, 0.05) is 11.6 Å². The highest BCUT2D eigenvalue weighted by Crippen LogP contribution is 2.31. The highest BCUT2D eigenvalue weighted by atomic mass is 32.1. The molecule has 8 heteroatoms. The van der Waals surface area contributed by atoms with Crippen LogP contribution in [-0.2, 0) is 29.2 Å². The molecular formula is C21H31N4O3S+. The maximum absolute atomic E-state index is 12.1. The standard InChI is InChI=1S/C21H30N4O3S/c1-4-28-20(26)13-19-22-24(21(29)25(19)17-7-5-6-8-17)15-23(2)14-16-9-11-18(27-3)12-10-16/h9-12,17H,4-8,13-15H2,1-3H3/p+1. The summed E-state index contributed by atoms with van der Waals surface area (Å²) >= 11 is 5.76. The summed E-state index contributed by atoms with van der Waals surface area (Å²) in [5.41, 5.74) is 1.22. The average molecular weight is 420 g/mol. The van der Waals surface area contributed by atoms with Crippen molar-refractivity contribution in [3.05, 3.63) is 40.4 Å². The Balaban J connectivity index is 1.76. The van der Waals surface area contributed by atoms with Gasteiger partial charge in [0.25, 0.3) is 0 Å². The van der Waals surface area contributed by atoms with Gasteiger partial charge in [-0.2, -0.15) is 9.78 Å². The van der Waals surface area contributed by atoms with Gasteiger partial charge in [-0.3, -0.25) is 4.79 Å². The van der Waals surface area contributed by atoms with E-state index in [1.54, 1.807) is 7.11 Å². The number of nitrogens with zero attached hydrogens (tertiary/aromatic N) is 3. The zero-order valence-electron chi connectivity index (χ0n) is 17.5. The zero-order chi connectivity index (χ0) is 20.8. The van der Waals surface area contributed by atoms with Crippen LogP contribution in [0.1, 0.15) is 50.0 Å². The van der Waals surface area contributed by atoms with Gasteiger partial charge >= 0.3 is 5.97 Å². The maximum atomic E-state index is 12.1. The molecule has 1 N–H and O–H groups in total. The number of carbonyl (C=O) groups excluding carboxylic acids is 1. The molecule has 3 rings (SSSR count). The third kappa shape index (κ3) is 5.45. The second-order valence-electron chi connectivity index (χ2n) is 7.63. The fourth-order valence-corrected chi connectivity index (χ4v) is 4.32. The van der Waals surface area contributed by atoms with E-state index in [1.165, 1.54) is 23.3 Å². The van der Waals surface area contributed by atoms with E-state index in [4.69, 9.17) is 26.8 Å². The van der Waals surface area contributed by atoms with E-state index >= 15 is 0 Å². The fourth-order valence-electron chi connectivity index (χ4n) is 3.96. The molecule has 1 aliphatic rings. The molecule has 0 bridgehead atoms. The van der Waals surface area contributed by atoms with Crippen molar-refractivity contribution in [1.82, 2.24) is 14.3 Å². The largest absolute Gasteiger partial charge is 0.497 e. The monoisotopic (exact) mass is 419 g/mol. The van der Waals surface area contributed by atoms with Gasteiger partial charge < -0.3 is 18.9 Å². The van der Waals surface area contributed by atoms with Crippen molar-refractivity contribution in [2.24, 2.45) is 0 Å². The SMILES string of the molecule is CCOC(=O)Cc1nn(C[NH+](C)Cc2ccc(OC)cc2)c(=S)n1C1CCCC1. The summed E-state index contributed by atoms with van der Waals surface area (Å²) in [7, 11) is 3.79. The first-order valence-corrected chi connectivity index (χ1v) is 10.7. The van der Waals surface area contributed by atoms with Gasteiger partial charge in [-0.15, -0.1) is 0 Å². The van der Waals surface area contributed by atoms with Crippen LogP contribution in [0.25, 0.3) is 0 Å². The number of esters is 1. The van der Waals surface area contributed by atoms with Gasteiger partial charge in [0.1, 0.15) is 24.5 Å². The van der Waals surface area contributed by atoms with Gasteiger partial charge in [-0.25, -0.2) is 0 Å². The summed E-state index contributed by atoms with van der Waals surface area (Å²) in [4.78, 5) is 13.3. The highest BCUT2D eigenvalue weighted by molar-refractivity contribution is 7.71.